The highest BCUT2D eigenvalue weighted by molar-refractivity contribution is 5.91. The van der Waals surface area contributed by atoms with E-state index in [4.69, 9.17) is 18.6 Å². The predicted octanol–water partition coefficient (Wildman–Crippen LogP) is 3.44. The van der Waals surface area contributed by atoms with Crippen molar-refractivity contribution in [2.75, 3.05) is 0 Å². The topological polar surface area (TPSA) is 95.2 Å². The van der Waals surface area contributed by atoms with Crippen molar-refractivity contribution in [1.29, 1.82) is 0 Å². The molecule has 0 unspecified atom stereocenters. The molecule has 1 N–H and O–H groups in total. The van der Waals surface area contributed by atoms with Gasteiger partial charge in [0, 0.05) is 23.3 Å². The fraction of sp³-hybridized carbons (Fsp3) is 0.630. The molecule has 1 aromatic rings. The van der Waals surface area contributed by atoms with Gasteiger partial charge in [-0.25, -0.2) is 4.79 Å². The molecule has 1 aromatic heterocycles. The first kappa shape index (κ1) is 21.1. The van der Waals surface area contributed by atoms with Gasteiger partial charge in [-0.05, 0) is 58.1 Å². The first-order valence-corrected chi connectivity index (χ1v) is 12.3. The van der Waals surface area contributed by atoms with Gasteiger partial charge in [-0.1, -0.05) is 18.6 Å². The Morgan fingerprint density at radius 3 is 2.65 bits per heavy atom. The minimum absolute atomic E-state index is 0.0931. The Hall–Kier alpha value is -2.22. The zero-order valence-electron chi connectivity index (χ0n) is 20.1. The summed E-state index contributed by atoms with van der Waals surface area (Å²) in [4.78, 5) is 25.8. The molecule has 6 aliphatic rings. The molecule has 0 bridgehead atoms. The van der Waals surface area contributed by atoms with Crippen LogP contribution in [0, 0.1) is 36.5 Å². The fourth-order valence-corrected chi connectivity index (χ4v) is 8.98. The van der Waals surface area contributed by atoms with Gasteiger partial charge in [0.05, 0.1) is 17.6 Å². The van der Waals surface area contributed by atoms with Crippen LogP contribution in [0.15, 0.2) is 32.5 Å². The molecule has 34 heavy (non-hydrogen) atoms. The molecule has 0 radical (unpaired) electrons. The maximum absolute atomic E-state index is 13.1. The molecule has 0 amide bonds. The molecule has 7 rings (SSSR count). The minimum atomic E-state index is -1.13. The highest BCUT2D eigenvalue weighted by Gasteiger charge is 2.83. The number of aliphatic hydroxyl groups is 1. The Morgan fingerprint density at radius 2 is 1.88 bits per heavy atom. The van der Waals surface area contributed by atoms with Crippen LogP contribution in [0.2, 0.25) is 0 Å². The third-order valence-corrected chi connectivity index (χ3v) is 10.4. The van der Waals surface area contributed by atoms with Crippen LogP contribution in [0.1, 0.15) is 63.0 Å². The highest BCUT2D eigenvalue weighted by atomic mass is 16.7. The summed E-state index contributed by atoms with van der Waals surface area (Å²) in [5.74, 6) is 1.16. The van der Waals surface area contributed by atoms with Crippen molar-refractivity contribution in [1.82, 2.24) is 0 Å². The number of rotatable bonds is 0. The van der Waals surface area contributed by atoms with Gasteiger partial charge >= 0.3 is 5.63 Å². The van der Waals surface area contributed by atoms with Crippen molar-refractivity contribution >= 4 is 5.78 Å². The van der Waals surface area contributed by atoms with E-state index in [2.05, 4.69) is 13.0 Å². The molecule has 9 atom stereocenters. The molecule has 3 fully saturated rings. The number of ketones is 1. The van der Waals surface area contributed by atoms with Crippen LogP contribution >= 0.6 is 0 Å². The predicted molar refractivity (Wildman–Crippen MR) is 120 cm³/mol. The van der Waals surface area contributed by atoms with Crippen molar-refractivity contribution in [2.24, 2.45) is 22.7 Å². The second kappa shape index (κ2) is 6.12. The molecule has 3 aliphatic heterocycles. The average Bonchev–Trinajstić information content (AvgIpc) is 3.30. The summed E-state index contributed by atoms with van der Waals surface area (Å²) in [6, 6.07) is 0. The molecule has 2 spiro atoms. The lowest BCUT2D eigenvalue weighted by Gasteiger charge is -2.61. The van der Waals surface area contributed by atoms with Gasteiger partial charge in [0.1, 0.15) is 23.2 Å². The van der Waals surface area contributed by atoms with Gasteiger partial charge < -0.3 is 23.7 Å². The zero-order chi connectivity index (χ0) is 23.9. The molecule has 3 aliphatic carbocycles. The van der Waals surface area contributed by atoms with E-state index in [1.165, 1.54) is 0 Å². The maximum atomic E-state index is 13.1. The first-order valence-electron chi connectivity index (χ1n) is 12.3. The summed E-state index contributed by atoms with van der Waals surface area (Å²) in [6.45, 7) is 9.91. The van der Waals surface area contributed by atoms with Crippen molar-refractivity contribution in [3.05, 3.63) is 50.6 Å². The zero-order valence-corrected chi connectivity index (χ0v) is 20.1. The average molecular weight is 467 g/mol. The number of fused-ring (bicyclic) bond motifs is 2. The van der Waals surface area contributed by atoms with Gasteiger partial charge in [0.2, 0.25) is 0 Å². The second-order valence-corrected chi connectivity index (χ2v) is 11.5. The third-order valence-electron chi connectivity index (χ3n) is 10.4. The van der Waals surface area contributed by atoms with E-state index in [0.717, 1.165) is 23.1 Å². The molecule has 0 aromatic carbocycles. The SMILES string of the molecule is CC1=CC(=O)C[C@@H]2O[C@H]3C=C(C)[C@@]45Oc6c(C)c(C)oc(=O)c6[C@@H]4O[C@H](O)[C@]54CC[C@@H]1[C@@]2(C)[C@@H]34. The standard InChI is InChI=1S/C27H30O7/c1-11-8-15(28)10-18-25(5)16(11)6-7-26-21(25)17(32-18)9-12(2)27(26)22(33-24(26)30)19-20(34-27)13(3)14(4)31-23(19)29/h8-9,16-18,21-22,24,30H,6-7,10H2,1-5H3/t16-,17-,18-,21+,22-,24-,25+,26+,27+/m0/s1. The quantitative estimate of drug-likeness (QED) is 0.585. The number of allylic oxidation sites excluding steroid dienone is 2. The van der Waals surface area contributed by atoms with Crippen LogP contribution in [0.4, 0.5) is 0 Å². The Balaban J connectivity index is 1.50. The Kier molecular flexibility index (Phi) is 3.80. The first-order chi connectivity index (χ1) is 16.1. The lowest BCUT2D eigenvalue weighted by Crippen LogP contribution is -2.67. The second-order valence-electron chi connectivity index (χ2n) is 11.5. The molecule has 7 nitrogen and oxygen atoms in total. The smallest absolute Gasteiger partial charge is 0.345 e. The van der Waals surface area contributed by atoms with E-state index >= 15 is 0 Å². The Labute approximate surface area is 197 Å². The van der Waals surface area contributed by atoms with E-state index in [0.29, 0.717) is 29.9 Å². The Bertz CT molecular complexity index is 1290. The van der Waals surface area contributed by atoms with Gasteiger partial charge in [-0.15, -0.1) is 0 Å². The molecule has 1 saturated carbocycles. The van der Waals surface area contributed by atoms with E-state index in [9.17, 15) is 14.7 Å². The molecule has 4 heterocycles. The van der Waals surface area contributed by atoms with E-state index < -0.39 is 29.0 Å². The summed E-state index contributed by atoms with van der Waals surface area (Å²) in [7, 11) is 0. The van der Waals surface area contributed by atoms with Gasteiger partial charge in [-0.2, -0.15) is 0 Å². The van der Waals surface area contributed by atoms with Crippen LogP contribution in [0.25, 0.3) is 0 Å². The van der Waals surface area contributed by atoms with Gasteiger partial charge in [0.15, 0.2) is 17.7 Å². The molecule has 180 valence electrons. The van der Waals surface area contributed by atoms with Crippen molar-refractivity contribution < 1.29 is 28.5 Å². The van der Waals surface area contributed by atoms with Crippen LogP contribution in [0.5, 0.6) is 5.75 Å². The van der Waals surface area contributed by atoms with Gasteiger partial charge in [0.25, 0.3) is 0 Å². The summed E-state index contributed by atoms with van der Waals surface area (Å²) in [6.07, 6.45) is 3.23. The minimum Gasteiger partial charge on any atom is -0.478 e. The van der Waals surface area contributed by atoms with E-state index in [1.807, 2.05) is 20.8 Å². The number of hydrogen-bond acceptors (Lipinski definition) is 7. The summed E-state index contributed by atoms with van der Waals surface area (Å²) in [5, 5.41) is 11.7. The van der Waals surface area contributed by atoms with Crippen LogP contribution in [-0.2, 0) is 14.3 Å². The lowest BCUT2D eigenvalue weighted by atomic mass is 9.42. The maximum Gasteiger partial charge on any atom is 0.345 e. The largest absolute Gasteiger partial charge is 0.478 e. The van der Waals surface area contributed by atoms with E-state index in [-0.39, 0.29) is 35.2 Å². The molecular formula is C27H30O7. The van der Waals surface area contributed by atoms with E-state index in [1.54, 1.807) is 13.0 Å². The molecular weight excluding hydrogens is 436 g/mol. The van der Waals surface area contributed by atoms with Crippen LogP contribution in [-0.4, -0.2) is 35.0 Å². The van der Waals surface area contributed by atoms with Crippen molar-refractivity contribution in [3.8, 4) is 5.75 Å². The normalized spacial score (nSPS) is 47.6. The lowest BCUT2D eigenvalue weighted by molar-refractivity contribution is -0.205. The summed E-state index contributed by atoms with van der Waals surface area (Å²) >= 11 is 0. The van der Waals surface area contributed by atoms with Crippen LogP contribution < -0.4 is 10.4 Å². The fourth-order valence-electron chi connectivity index (χ4n) is 8.98. The number of aliphatic hydroxyl groups excluding tert-OH is 1. The summed E-state index contributed by atoms with van der Waals surface area (Å²) < 4.78 is 25.4. The number of aryl methyl sites for hydroxylation is 1. The number of carbonyl (C=O) groups is 1. The Morgan fingerprint density at radius 1 is 1.12 bits per heavy atom. The summed E-state index contributed by atoms with van der Waals surface area (Å²) in [5.41, 5.74) is 0.429. The monoisotopic (exact) mass is 466 g/mol. The van der Waals surface area contributed by atoms with Crippen molar-refractivity contribution in [3.63, 3.8) is 0 Å². The number of hydrogen-bond donors (Lipinski definition) is 1. The van der Waals surface area contributed by atoms with Crippen LogP contribution in [0.3, 0.4) is 0 Å². The molecule has 2 saturated heterocycles. The van der Waals surface area contributed by atoms with Crippen molar-refractivity contribution in [2.45, 2.75) is 84.1 Å². The number of carbonyl (C=O) groups excluding carboxylic acids is 1. The van der Waals surface area contributed by atoms with Gasteiger partial charge in [-0.3, -0.25) is 4.79 Å². The number of ether oxygens (including phenoxy) is 3. The molecule has 7 heteroatoms. The highest BCUT2D eigenvalue weighted by Crippen LogP contribution is 2.77. The third kappa shape index (κ3) is 1.97.